The van der Waals surface area contributed by atoms with Crippen LogP contribution in [0.25, 0.3) is 0 Å². The fourth-order valence-electron chi connectivity index (χ4n) is 17.1. The third kappa shape index (κ3) is 13.2. The van der Waals surface area contributed by atoms with Crippen molar-refractivity contribution in [1.29, 1.82) is 0 Å². The number of hydrogen-bond acceptors (Lipinski definition) is 6. The molecule has 6 unspecified atom stereocenters. The first-order valence-corrected chi connectivity index (χ1v) is 35.5. The third-order valence-corrected chi connectivity index (χ3v) is 23.9. The van der Waals surface area contributed by atoms with Crippen LogP contribution in [0.3, 0.4) is 0 Å². The molecular formula is C86H116O6. The van der Waals surface area contributed by atoms with Gasteiger partial charge in [0.05, 0.1) is 13.2 Å². The molecule has 6 aromatic carbocycles. The van der Waals surface area contributed by atoms with Gasteiger partial charge < -0.3 is 29.9 Å². The minimum Gasteiger partial charge on any atom is -0.507 e. The number of phenolic OH excluding ortho intramolecular Hbond substituents is 4. The highest BCUT2D eigenvalue weighted by Crippen LogP contribution is 2.63. The molecule has 496 valence electrons. The van der Waals surface area contributed by atoms with Gasteiger partial charge in [0.1, 0.15) is 34.5 Å². The zero-order chi connectivity index (χ0) is 67.1. The van der Waals surface area contributed by atoms with E-state index >= 15 is 0 Å². The summed E-state index contributed by atoms with van der Waals surface area (Å²) in [7, 11) is 0. The lowest BCUT2D eigenvalue weighted by Crippen LogP contribution is -2.53. The third-order valence-electron chi connectivity index (χ3n) is 23.9. The van der Waals surface area contributed by atoms with Crippen molar-refractivity contribution in [3.8, 4) is 34.5 Å². The quantitative estimate of drug-likeness (QED) is 0.132. The van der Waals surface area contributed by atoms with Gasteiger partial charge in [-0.25, -0.2) is 0 Å². The summed E-state index contributed by atoms with van der Waals surface area (Å²) in [5.41, 5.74) is 16.1. The van der Waals surface area contributed by atoms with Crippen LogP contribution in [0.15, 0.2) is 72.8 Å². The van der Waals surface area contributed by atoms with Crippen molar-refractivity contribution in [2.75, 3.05) is 13.2 Å². The number of ether oxygens (including phenoxy) is 2. The maximum atomic E-state index is 13.2. The molecule has 6 heteroatoms. The molecule has 16 bridgehead atoms. The highest BCUT2D eigenvalue weighted by atomic mass is 16.5. The molecule has 7 aliphatic rings. The predicted octanol–water partition coefficient (Wildman–Crippen LogP) is 21.1. The SMILES string of the molecule is CC(C)(C)c1cc2c(O)c(c1)Cc1cc(C(C)(C)C)cc(c1OCC1CCC3CC1C3(C)C)Cc1cc(C(C)(C)C)cc(c1O)Cc1cc(C(C)(C)C)cc(c1O)Cc1cc(C(C)(C)C)cc(c1OCC1CCC3CC1C3(C)C)Cc1cc(C(C)(C)C)cc(c1O)C2. The zero-order valence-corrected chi connectivity index (χ0v) is 60.9. The van der Waals surface area contributed by atoms with Crippen molar-refractivity contribution in [3.05, 3.63) is 173 Å². The number of hydrogen-bond donors (Lipinski definition) is 4. The van der Waals surface area contributed by atoms with Crippen molar-refractivity contribution in [2.24, 2.45) is 46.3 Å². The molecule has 13 rings (SSSR count). The molecule has 6 saturated carbocycles. The van der Waals surface area contributed by atoms with Gasteiger partial charge in [-0.3, -0.25) is 0 Å². The largest absolute Gasteiger partial charge is 0.507 e. The van der Waals surface area contributed by atoms with Gasteiger partial charge in [-0.2, -0.15) is 0 Å². The van der Waals surface area contributed by atoms with Gasteiger partial charge in [-0.15, -0.1) is 0 Å². The van der Waals surface area contributed by atoms with Crippen LogP contribution in [0.5, 0.6) is 34.5 Å². The maximum Gasteiger partial charge on any atom is 0.126 e. The van der Waals surface area contributed by atoms with Crippen molar-refractivity contribution in [3.63, 3.8) is 0 Å². The van der Waals surface area contributed by atoms with Crippen LogP contribution in [0.2, 0.25) is 0 Å². The number of rotatable bonds is 6. The highest BCUT2D eigenvalue weighted by molar-refractivity contribution is 5.61. The summed E-state index contributed by atoms with van der Waals surface area (Å²) in [5, 5.41) is 52.7. The van der Waals surface area contributed by atoms with Gasteiger partial charge in [0.2, 0.25) is 0 Å². The first kappa shape index (κ1) is 67.5. The first-order chi connectivity index (χ1) is 42.5. The fourth-order valence-corrected chi connectivity index (χ4v) is 17.1. The monoisotopic (exact) mass is 1240 g/mol. The van der Waals surface area contributed by atoms with Crippen molar-refractivity contribution < 1.29 is 29.9 Å². The summed E-state index contributed by atoms with van der Waals surface area (Å²) in [6.07, 6.45) is 9.52. The van der Waals surface area contributed by atoms with Gasteiger partial charge in [-0.1, -0.05) is 225 Å². The summed E-state index contributed by atoms with van der Waals surface area (Å²) in [4.78, 5) is 0. The van der Waals surface area contributed by atoms with Crippen LogP contribution >= 0.6 is 0 Å². The smallest absolute Gasteiger partial charge is 0.126 e. The van der Waals surface area contributed by atoms with Crippen molar-refractivity contribution in [1.82, 2.24) is 0 Å². The minimum absolute atomic E-state index is 0.237. The molecule has 0 aromatic heterocycles. The number of aromatic hydroxyl groups is 4. The normalized spacial score (nSPS) is 22.4. The molecule has 0 amide bonds. The Hall–Kier alpha value is -5.88. The Bertz CT molecular complexity index is 3370. The lowest BCUT2D eigenvalue weighted by molar-refractivity contribution is -0.114. The molecule has 4 N–H and O–H groups in total. The van der Waals surface area contributed by atoms with Crippen LogP contribution < -0.4 is 9.47 Å². The second-order valence-electron chi connectivity index (χ2n) is 37.4. The lowest BCUT2D eigenvalue weighted by Gasteiger charge is -2.60. The van der Waals surface area contributed by atoms with Gasteiger partial charge in [0.25, 0.3) is 0 Å². The predicted molar refractivity (Wildman–Crippen MR) is 382 cm³/mol. The van der Waals surface area contributed by atoms with Gasteiger partial charge in [0, 0.05) is 38.5 Å². The summed E-state index contributed by atoms with van der Waals surface area (Å²) in [6.45, 7) is 51.6. The van der Waals surface area contributed by atoms with Crippen LogP contribution in [-0.4, -0.2) is 33.6 Å². The van der Waals surface area contributed by atoms with Crippen LogP contribution in [0, 0.1) is 46.3 Å². The van der Waals surface area contributed by atoms with Crippen LogP contribution in [-0.2, 0) is 71.0 Å². The van der Waals surface area contributed by atoms with E-state index in [9.17, 15) is 20.4 Å². The Morgan fingerprint density at radius 1 is 0.304 bits per heavy atom. The molecule has 0 spiro atoms. The van der Waals surface area contributed by atoms with Gasteiger partial charge in [0.15, 0.2) is 0 Å². The Morgan fingerprint density at radius 3 is 0.663 bits per heavy atom. The van der Waals surface area contributed by atoms with E-state index < -0.39 is 0 Å². The number of phenols is 4. The fraction of sp³-hybridized carbons (Fsp3) is 0.581. The summed E-state index contributed by atoms with van der Waals surface area (Å²) in [5.74, 6) is 6.15. The van der Waals surface area contributed by atoms with Crippen LogP contribution in [0.4, 0.5) is 0 Å². The standard InChI is InChI=1S/C86H116O6/c1-79(2,3)65-33-51-27-52-34-66(80(4,5)6)38-56(74(52)88)30-61-43-70(84(16,17)18)44-62(78(61)92-48-50-24-26-64-46-72(50)86(64,21)22)32-58-40-68(82(10,11)12)36-54(76(58)90)28-53-35-67(81(7,8)9)39-57(75(53)89)31-60-42-69(83(13,14)15)41-59(29-55(37-65)73(51)87)77(60)91-47-49-23-25-63-45-71(49)85(63,19)20/h33-44,49-50,63-64,71-72,87-90H,23-32,45-48H2,1-22H3. The number of benzene rings is 6. The van der Waals surface area contributed by atoms with E-state index in [1.54, 1.807) is 0 Å². The van der Waals surface area contributed by atoms with Gasteiger partial charge >= 0.3 is 0 Å². The van der Waals surface area contributed by atoms with Crippen LogP contribution in [0.1, 0.15) is 291 Å². The zero-order valence-electron chi connectivity index (χ0n) is 60.9. The first-order valence-electron chi connectivity index (χ1n) is 35.5. The van der Waals surface area contributed by atoms with E-state index in [1.807, 2.05) is 0 Å². The minimum atomic E-state index is -0.273. The molecule has 0 heterocycles. The second kappa shape index (κ2) is 23.5. The van der Waals surface area contributed by atoms with E-state index in [4.69, 9.17) is 9.47 Å². The van der Waals surface area contributed by atoms with E-state index in [1.165, 1.54) is 25.7 Å². The van der Waals surface area contributed by atoms with Crippen molar-refractivity contribution >= 4 is 0 Å². The Balaban J connectivity index is 1.18. The molecule has 6 aromatic rings. The average Bonchev–Trinajstić information content (AvgIpc) is 0.748. The number of fused-ring (bicyclic) bond motifs is 16. The molecular weight excluding hydrogens is 1130 g/mol. The molecule has 6 nitrogen and oxygen atoms in total. The Kier molecular flexibility index (Phi) is 17.2. The topological polar surface area (TPSA) is 99.4 Å². The summed E-state index contributed by atoms with van der Waals surface area (Å²) in [6, 6.07) is 26.9. The van der Waals surface area contributed by atoms with E-state index in [2.05, 4.69) is 225 Å². The average molecular weight is 1250 g/mol. The lowest BCUT2D eigenvalue weighted by atomic mass is 9.46. The highest BCUT2D eigenvalue weighted by Gasteiger charge is 2.55. The molecule has 6 atom stereocenters. The Morgan fingerprint density at radius 2 is 0.489 bits per heavy atom. The Labute approximate surface area is 555 Å². The molecule has 6 fully saturated rings. The second-order valence-corrected chi connectivity index (χ2v) is 37.4. The van der Waals surface area contributed by atoms with E-state index in [0.29, 0.717) is 75.4 Å². The molecule has 7 aliphatic carbocycles. The maximum absolute atomic E-state index is 13.2. The summed E-state index contributed by atoms with van der Waals surface area (Å²) >= 11 is 0. The van der Waals surface area contributed by atoms with E-state index in [-0.39, 0.29) is 66.3 Å². The summed E-state index contributed by atoms with van der Waals surface area (Å²) < 4.78 is 15.0. The molecule has 92 heavy (non-hydrogen) atoms. The molecule has 0 aliphatic heterocycles. The molecule has 0 radical (unpaired) electrons. The van der Waals surface area contributed by atoms with Crippen molar-refractivity contribution in [2.45, 2.75) is 262 Å². The van der Waals surface area contributed by atoms with E-state index in [0.717, 1.165) is 136 Å². The van der Waals surface area contributed by atoms with Gasteiger partial charge in [-0.05, 0) is 217 Å². The molecule has 0 saturated heterocycles.